The zero-order valence-electron chi connectivity index (χ0n) is 7.38. The SMILES string of the molecule is CC1Cc2oc(Cl)cc2C1(O)CN. The molecule has 0 fully saturated rings. The van der Waals surface area contributed by atoms with Crippen LogP contribution in [0.5, 0.6) is 0 Å². The molecule has 0 saturated carbocycles. The van der Waals surface area contributed by atoms with Gasteiger partial charge in [-0.15, -0.1) is 0 Å². The summed E-state index contributed by atoms with van der Waals surface area (Å²) in [5.74, 6) is 0.869. The van der Waals surface area contributed by atoms with Crippen molar-refractivity contribution in [1.29, 1.82) is 0 Å². The topological polar surface area (TPSA) is 59.4 Å². The van der Waals surface area contributed by atoms with Crippen molar-refractivity contribution < 1.29 is 9.52 Å². The molecule has 0 spiro atoms. The van der Waals surface area contributed by atoms with Crippen LogP contribution in [0, 0.1) is 5.92 Å². The van der Waals surface area contributed by atoms with Crippen molar-refractivity contribution in [1.82, 2.24) is 0 Å². The largest absolute Gasteiger partial charge is 0.449 e. The molecule has 1 heterocycles. The Morgan fingerprint density at radius 2 is 2.54 bits per heavy atom. The summed E-state index contributed by atoms with van der Waals surface area (Å²) in [7, 11) is 0. The van der Waals surface area contributed by atoms with Gasteiger partial charge in [0.05, 0.1) is 0 Å². The van der Waals surface area contributed by atoms with Gasteiger partial charge in [0.1, 0.15) is 11.4 Å². The van der Waals surface area contributed by atoms with E-state index in [1.54, 1.807) is 6.07 Å². The normalized spacial score (nSPS) is 32.2. The summed E-state index contributed by atoms with van der Waals surface area (Å²) in [6.07, 6.45) is 0.704. The standard InChI is InChI=1S/C9H12ClNO2/c1-5-2-7-6(3-8(10)13-7)9(5,12)4-11/h3,5,12H,2,4,11H2,1H3. The molecule has 1 aliphatic carbocycles. The van der Waals surface area contributed by atoms with Crippen molar-refractivity contribution in [2.24, 2.45) is 11.7 Å². The predicted octanol–water partition coefficient (Wildman–Crippen LogP) is 1.27. The molecule has 3 nitrogen and oxygen atoms in total. The predicted molar refractivity (Wildman–Crippen MR) is 49.5 cm³/mol. The van der Waals surface area contributed by atoms with Crippen LogP contribution in [-0.2, 0) is 12.0 Å². The number of hydrogen-bond donors (Lipinski definition) is 2. The van der Waals surface area contributed by atoms with Gasteiger partial charge in [-0.25, -0.2) is 0 Å². The quantitative estimate of drug-likeness (QED) is 0.720. The van der Waals surface area contributed by atoms with E-state index in [1.165, 1.54) is 0 Å². The minimum atomic E-state index is -0.952. The Labute approximate surface area is 81.5 Å². The van der Waals surface area contributed by atoms with Crippen molar-refractivity contribution in [3.05, 3.63) is 22.6 Å². The molecule has 1 aliphatic rings. The lowest BCUT2D eigenvalue weighted by Gasteiger charge is -2.25. The lowest BCUT2D eigenvalue weighted by atomic mass is 9.89. The Morgan fingerprint density at radius 1 is 1.85 bits per heavy atom. The fourth-order valence-electron chi connectivity index (χ4n) is 1.94. The summed E-state index contributed by atoms with van der Waals surface area (Å²) in [5, 5.41) is 10.5. The second-order valence-electron chi connectivity index (χ2n) is 3.62. The average Bonchev–Trinajstić information content (AvgIpc) is 2.53. The molecule has 1 aromatic heterocycles. The molecule has 0 radical (unpaired) electrons. The van der Waals surface area contributed by atoms with E-state index in [-0.39, 0.29) is 12.5 Å². The molecule has 0 saturated heterocycles. The van der Waals surface area contributed by atoms with Crippen molar-refractivity contribution in [2.75, 3.05) is 6.54 Å². The molecule has 4 heteroatoms. The van der Waals surface area contributed by atoms with Gasteiger partial charge < -0.3 is 15.3 Å². The number of aliphatic hydroxyl groups is 1. The molecule has 2 unspecified atom stereocenters. The Morgan fingerprint density at radius 3 is 3.15 bits per heavy atom. The number of furan rings is 1. The maximum atomic E-state index is 10.2. The summed E-state index contributed by atoms with van der Waals surface area (Å²) >= 11 is 5.69. The third-order valence-corrected chi connectivity index (χ3v) is 3.05. The van der Waals surface area contributed by atoms with Crippen molar-refractivity contribution >= 4 is 11.6 Å². The number of halogens is 1. The highest BCUT2D eigenvalue weighted by molar-refractivity contribution is 6.29. The van der Waals surface area contributed by atoms with E-state index >= 15 is 0 Å². The smallest absolute Gasteiger partial charge is 0.193 e. The fourth-order valence-corrected chi connectivity index (χ4v) is 2.14. The maximum Gasteiger partial charge on any atom is 0.193 e. The Kier molecular flexibility index (Phi) is 1.91. The summed E-state index contributed by atoms with van der Waals surface area (Å²) < 4.78 is 5.24. The van der Waals surface area contributed by atoms with E-state index in [9.17, 15) is 5.11 Å². The van der Waals surface area contributed by atoms with Crippen LogP contribution in [0.3, 0.4) is 0 Å². The molecule has 0 amide bonds. The Hall–Kier alpha value is -0.510. The number of fused-ring (bicyclic) bond motifs is 1. The Balaban J connectivity index is 2.50. The van der Waals surface area contributed by atoms with Gasteiger partial charge in [-0.1, -0.05) is 6.92 Å². The third kappa shape index (κ3) is 1.11. The minimum absolute atomic E-state index is 0.100. The second-order valence-corrected chi connectivity index (χ2v) is 3.99. The van der Waals surface area contributed by atoms with Gasteiger partial charge in [-0.3, -0.25) is 0 Å². The van der Waals surface area contributed by atoms with Gasteiger partial charge in [-0.2, -0.15) is 0 Å². The Bertz CT molecular complexity index is 336. The highest BCUT2D eigenvalue weighted by atomic mass is 35.5. The van der Waals surface area contributed by atoms with Crippen LogP contribution < -0.4 is 5.73 Å². The maximum absolute atomic E-state index is 10.2. The molecule has 0 aliphatic heterocycles. The van der Waals surface area contributed by atoms with Crippen molar-refractivity contribution in [3.63, 3.8) is 0 Å². The van der Waals surface area contributed by atoms with E-state index in [0.717, 1.165) is 11.3 Å². The van der Waals surface area contributed by atoms with Crippen LogP contribution in [0.1, 0.15) is 18.2 Å². The molecule has 13 heavy (non-hydrogen) atoms. The lowest BCUT2D eigenvalue weighted by Crippen LogP contribution is -2.37. The summed E-state index contributed by atoms with van der Waals surface area (Å²) in [5.41, 5.74) is 5.35. The van der Waals surface area contributed by atoms with Crippen LogP contribution in [0.2, 0.25) is 5.22 Å². The second kappa shape index (κ2) is 2.74. The van der Waals surface area contributed by atoms with E-state index in [0.29, 0.717) is 11.6 Å². The summed E-state index contributed by atoms with van der Waals surface area (Å²) in [6, 6.07) is 1.66. The van der Waals surface area contributed by atoms with Crippen LogP contribution in [0.4, 0.5) is 0 Å². The van der Waals surface area contributed by atoms with Crippen LogP contribution >= 0.6 is 11.6 Å². The van der Waals surface area contributed by atoms with Gasteiger partial charge in [-0.05, 0) is 17.5 Å². The average molecular weight is 202 g/mol. The highest BCUT2D eigenvalue weighted by Gasteiger charge is 2.44. The molecule has 72 valence electrons. The third-order valence-electron chi connectivity index (χ3n) is 2.86. The van der Waals surface area contributed by atoms with E-state index in [2.05, 4.69) is 0 Å². The number of rotatable bonds is 1. The first-order valence-electron chi connectivity index (χ1n) is 4.29. The van der Waals surface area contributed by atoms with E-state index < -0.39 is 5.60 Å². The van der Waals surface area contributed by atoms with Gasteiger partial charge in [0, 0.05) is 24.6 Å². The minimum Gasteiger partial charge on any atom is -0.449 e. The van der Waals surface area contributed by atoms with E-state index in [4.69, 9.17) is 21.8 Å². The fraction of sp³-hybridized carbons (Fsp3) is 0.556. The van der Waals surface area contributed by atoms with Gasteiger partial charge >= 0.3 is 0 Å². The van der Waals surface area contributed by atoms with E-state index in [1.807, 2.05) is 6.92 Å². The zero-order chi connectivity index (χ0) is 9.64. The summed E-state index contributed by atoms with van der Waals surface area (Å²) in [6.45, 7) is 2.16. The number of hydrogen-bond acceptors (Lipinski definition) is 3. The lowest BCUT2D eigenvalue weighted by molar-refractivity contribution is 0.00489. The molecule has 0 bridgehead atoms. The van der Waals surface area contributed by atoms with Crippen molar-refractivity contribution in [2.45, 2.75) is 18.9 Å². The van der Waals surface area contributed by atoms with Crippen LogP contribution in [0.15, 0.2) is 10.5 Å². The first-order valence-corrected chi connectivity index (χ1v) is 4.67. The highest BCUT2D eigenvalue weighted by Crippen LogP contribution is 2.43. The molecule has 3 N–H and O–H groups in total. The first kappa shape index (κ1) is 9.06. The number of nitrogens with two attached hydrogens (primary N) is 1. The molecule has 2 atom stereocenters. The van der Waals surface area contributed by atoms with Crippen LogP contribution in [-0.4, -0.2) is 11.7 Å². The van der Waals surface area contributed by atoms with Gasteiger partial charge in [0.2, 0.25) is 0 Å². The molecular weight excluding hydrogens is 190 g/mol. The zero-order valence-corrected chi connectivity index (χ0v) is 8.14. The monoisotopic (exact) mass is 201 g/mol. The first-order chi connectivity index (χ1) is 6.08. The van der Waals surface area contributed by atoms with Gasteiger partial charge in [0.25, 0.3) is 0 Å². The molecule has 0 aromatic carbocycles. The molecule has 1 aromatic rings. The van der Waals surface area contributed by atoms with Crippen LogP contribution in [0.25, 0.3) is 0 Å². The van der Waals surface area contributed by atoms with Gasteiger partial charge in [0.15, 0.2) is 5.22 Å². The molecule has 2 rings (SSSR count). The molecular formula is C9H12ClNO2. The van der Waals surface area contributed by atoms with Crippen molar-refractivity contribution in [3.8, 4) is 0 Å². The summed E-state index contributed by atoms with van der Waals surface area (Å²) in [4.78, 5) is 0.